The number of ether oxygens (including phenoxy) is 1. The first-order valence-electron chi connectivity index (χ1n) is 11.7. The molecule has 0 N–H and O–H groups in total. The molecule has 0 heterocycles. The van der Waals surface area contributed by atoms with E-state index in [-0.39, 0.29) is 5.97 Å². The topological polar surface area (TPSA) is 109 Å². The van der Waals surface area contributed by atoms with Gasteiger partial charge in [-0.3, -0.25) is 4.79 Å². The molecule has 0 spiro atoms. The quantitative estimate of drug-likeness (QED) is 0.144. The van der Waals surface area contributed by atoms with Gasteiger partial charge in [-0.1, -0.05) is 0 Å². The molecule has 0 aromatic rings. The Morgan fingerprint density at radius 2 is 0.743 bits per heavy atom. The Balaban J connectivity index is 5.73. The highest BCUT2D eigenvalue weighted by Gasteiger charge is 2.43. The summed E-state index contributed by atoms with van der Waals surface area (Å²) in [5, 5.41) is 0. The molecule has 0 bridgehead atoms. The lowest BCUT2D eigenvalue weighted by atomic mass is 9.87. The number of carbonyl (C=O) groups is 1. The van der Waals surface area contributed by atoms with Gasteiger partial charge in [0, 0.05) is 89.0 Å². The fourth-order valence-electron chi connectivity index (χ4n) is 4.38. The molecule has 210 valence electrons. The average molecular weight is 561 g/mol. The van der Waals surface area contributed by atoms with Gasteiger partial charge in [0.1, 0.15) is 5.60 Å². The highest BCUT2D eigenvalue weighted by Crippen LogP contribution is 2.35. The second-order valence-corrected chi connectivity index (χ2v) is 17.5. The van der Waals surface area contributed by atoms with Gasteiger partial charge in [0.05, 0.1) is 0 Å². The van der Waals surface area contributed by atoms with Gasteiger partial charge >= 0.3 is 32.4 Å². The highest BCUT2D eigenvalue weighted by atomic mass is 28.4. The van der Waals surface area contributed by atoms with Crippen molar-refractivity contribution in [1.29, 1.82) is 0 Å². The molecule has 0 aliphatic rings. The van der Waals surface area contributed by atoms with Crippen molar-refractivity contribution in [1.82, 2.24) is 0 Å². The molecule has 11 nitrogen and oxygen atoms in total. The Morgan fingerprint density at radius 1 is 0.514 bits per heavy atom. The molecule has 0 atom stereocenters. The molecule has 35 heavy (non-hydrogen) atoms. The summed E-state index contributed by atoms with van der Waals surface area (Å²) in [5.74, 6) is -0.332. The van der Waals surface area contributed by atoms with E-state index in [0.717, 1.165) is 0 Å². The van der Waals surface area contributed by atoms with Crippen LogP contribution in [0.2, 0.25) is 18.1 Å². The van der Waals surface area contributed by atoms with Crippen LogP contribution in [0.3, 0.4) is 0 Å². The predicted octanol–water partition coefficient (Wildman–Crippen LogP) is 3.26. The lowest BCUT2D eigenvalue weighted by Crippen LogP contribution is -2.45. The van der Waals surface area contributed by atoms with Gasteiger partial charge < -0.3 is 44.6 Å². The highest BCUT2D eigenvalue weighted by molar-refractivity contribution is 6.61. The summed E-state index contributed by atoms with van der Waals surface area (Å²) in [6.45, 7) is 1.43. The van der Waals surface area contributed by atoms with Crippen LogP contribution < -0.4 is 0 Å². The van der Waals surface area contributed by atoms with Crippen LogP contribution in [0, 0.1) is 0 Å². The van der Waals surface area contributed by atoms with Crippen LogP contribution in [0.15, 0.2) is 0 Å². The molecule has 0 rings (SSSR count). The van der Waals surface area contributed by atoms with E-state index in [4.69, 9.17) is 44.6 Å². The van der Waals surface area contributed by atoms with E-state index in [9.17, 15) is 4.79 Å². The maximum Gasteiger partial charge on any atom is 0.500 e. The summed E-state index contributed by atoms with van der Waals surface area (Å²) in [6, 6.07) is 1.79. The normalized spacial score (nSPS) is 13.3. The number of hydrogen-bond donors (Lipinski definition) is 0. The Bertz CT molecular complexity index is 481. The smallest absolute Gasteiger partial charge is 0.459 e. The van der Waals surface area contributed by atoms with Gasteiger partial charge in [-0.15, -0.1) is 0 Å². The SMILES string of the molecule is CO[Si](CCCC(CCC[Si](OC)(OC)OC)(CCC[Si](OC)(OC)OC)OC(C)=O)(OC)OC. The monoisotopic (exact) mass is 560 g/mol. The molecule has 0 aliphatic carbocycles. The molecule has 0 aromatic heterocycles. The van der Waals surface area contributed by atoms with Gasteiger partial charge in [0.2, 0.25) is 0 Å². The van der Waals surface area contributed by atoms with E-state index in [0.29, 0.717) is 56.7 Å². The molecule has 0 saturated heterocycles. The van der Waals surface area contributed by atoms with E-state index in [1.54, 1.807) is 64.0 Å². The number of carbonyl (C=O) groups excluding carboxylic acids is 1. The van der Waals surface area contributed by atoms with Crippen LogP contribution >= 0.6 is 0 Å². The molecule has 14 heteroatoms. The zero-order valence-electron chi connectivity index (χ0n) is 23.4. The van der Waals surface area contributed by atoms with Crippen LogP contribution in [0.1, 0.15) is 45.4 Å². The van der Waals surface area contributed by atoms with Crippen molar-refractivity contribution in [3.8, 4) is 0 Å². The maximum atomic E-state index is 12.2. The molecule has 0 amide bonds. The second kappa shape index (κ2) is 17.3. The van der Waals surface area contributed by atoms with E-state index < -0.39 is 32.0 Å². The standard InChI is InChI=1S/C21H48O11Si3/c1-20(22)32-21(14-11-17-33(23-2,24-3)25-4,15-12-18-34(26-5,27-6)28-7)16-13-19-35(29-8,30-9)31-10/h11-19H2,1-10H3. The molecule has 0 radical (unpaired) electrons. The van der Waals surface area contributed by atoms with Crippen molar-refractivity contribution in [3.63, 3.8) is 0 Å². The number of hydrogen-bond acceptors (Lipinski definition) is 11. The van der Waals surface area contributed by atoms with Crippen LogP contribution in [0.5, 0.6) is 0 Å². The summed E-state index contributed by atoms with van der Waals surface area (Å²) < 4.78 is 56.2. The van der Waals surface area contributed by atoms with Gasteiger partial charge in [-0.05, 0) is 38.5 Å². The van der Waals surface area contributed by atoms with Crippen molar-refractivity contribution < 1.29 is 49.4 Å². The zero-order chi connectivity index (χ0) is 27.0. The average Bonchev–Trinajstić information content (AvgIpc) is 2.87. The first-order chi connectivity index (χ1) is 16.6. The molecule has 0 aromatic carbocycles. The van der Waals surface area contributed by atoms with Crippen LogP contribution in [0.25, 0.3) is 0 Å². The predicted molar refractivity (Wildman–Crippen MR) is 137 cm³/mol. The number of esters is 1. The number of rotatable bonds is 22. The third-order valence-corrected chi connectivity index (χ3v) is 15.0. The van der Waals surface area contributed by atoms with Crippen LogP contribution in [-0.4, -0.2) is 102 Å². The largest absolute Gasteiger partial charge is 0.500 e. The second-order valence-electron chi connectivity index (χ2n) is 8.22. The van der Waals surface area contributed by atoms with Crippen LogP contribution in [0.4, 0.5) is 0 Å². The summed E-state index contributed by atoms with van der Waals surface area (Å²) >= 11 is 0. The molecule has 0 unspecified atom stereocenters. The summed E-state index contributed by atoms with van der Waals surface area (Å²) in [6.07, 6.45) is 3.91. The van der Waals surface area contributed by atoms with Gasteiger partial charge in [0.15, 0.2) is 0 Å². The van der Waals surface area contributed by atoms with Crippen molar-refractivity contribution in [2.24, 2.45) is 0 Å². The Hall–Kier alpha value is -0.239. The van der Waals surface area contributed by atoms with Gasteiger partial charge in [-0.25, -0.2) is 0 Å². The Morgan fingerprint density at radius 3 is 0.914 bits per heavy atom. The van der Waals surface area contributed by atoms with Gasteiger partial charge in [-0.2, -0.15) is 0 Å². The first-order valence-corrected chi connectivity index (χ1v) is 17.5. The lowest BCUT2D eigenvalue weighted by Gasteiger charge is -2.36. The van der Waals surface area contributed by atoms with E-state index in [2.05, 4.69) is 0 Å². The van der Waals surface area contributed by atoms with Crippen molar-refractivity contribution >= 4 is 32.4 Å². The van der Waals surface area contributed by atoms with Crippen molar-refractivity contribution in [2.45, 2.75) is 69.2 Å². The minimum absolute atomic E-state index is 0.332. The fraction of sp³-hybridized carbons (Fsp3) is 0.952. The minimum Gasteiger partial charge on any atom is -0.459 e. The van der Waals surface area contributed by atoms with Crippen LogP contribution in [-0.2, 0) is 49.4 Å². The Kier molecular flexibility index (Phi) is 17.2. The van der Waals surface area contributed by atoms with E-state index >= 15 is 0 Å². The van der Waals surface area contributed by atoms with Crippen molar-refractivity contribution in [2.75, 3.05) is 64.0 Å². The summed E-state index contributed by atoms with van der Waals surface area (Å²) in [4.78, 5) is 12.2. The van der Waals surface area contributed by atoms with Gasteiger partial charge in [0.25, 0.3) is 0 Å². The molecule has 0 saturated carbocycles. The molecular weight excluding hydrogens is 512 g/mol. The molecule has 0 aliphatic heterocycles. The fourth-order valence-corrected chi connectivity index (χ4v) is 9.55. The lowest BCUT2D eigenvalue weighted by molar-refractivity contribution is -0.159. The third-order valence-electron chi connectivity index (χ3n) is 6.51. The zero-order valence-corrected chi connectivity index (χ0v) is 26.4. The molecular formula is C21H48O11Si3. The van der Waals surface area contributed by atoms with E-state index in [1.165, 1.54) is 6.92 Å². The van der Waals surface area contributed by atoms with E-state index in [1.807, 2.05) is 0 Å². The minimum atomic E-state index is -2.76. The first kappa shape index (κ1) is 34.8. The Labute approximate surface area is 215 Å². The molecule has 0 fully saturated rings. The van der Waals surface area contributed by atoms with Crippen molar-refractivity contribution in [3.05, 3.63) is 0 Å². The maximum absolute atomic E-state index is 12.2. The summed E-state index contributed by atoms with van der Waals surface area (Å²) in [7, 11) is 6.03. The summed E-state index contributed by atoms with van der Waals surface area (Å²) in [5.41, 5.74) is -0.716. The third kappa shape index (κ3) is 11.0.